The normalized spacial score (nSPS) is 16.5. The topological polar surface area (TPSA) is 235 Å². The molecule has 2 aliphatic rings. The van der Waals surface area contributed by atoms with E-state index in [1.807, 2.05) is 44.2 Å². The van der Waals surface area contributed by atoms with E-state index in [1.54, 1.807) is 31.2 Å². The first-order valence-corrected chi connectivity index (χ1v) is 20.6. The maximum Gasteiger partial charge on any atom is 0.416 e. The predicted octanol–water partition coefficient (Wildman–Crippen LogP) is 5.04. The van der Waals surface area contributed by atoms with Gasteiger partial charge in [-0.05, 0) is 62.0 Å². The second-order valence-corrected chi connectivity index (χ2v) is 15.2. The molecular formula is C44H56N8O11. The number of carbonyl (C=O) groups excluding carboxylic acids is 4. The number of hydrogen-bond donors (Lipinski definition) is 4. The van der Waals surface area contributed by atoms with Gasteiger partial charge in [0.1, 0.15) is 25.4 Å². The molecule has 4 amide bonds. The molecule has 0 spiro atoms. The summed E-state index contributed by atoms with van der Waals surface area (Å²) in [5, 5.41) is 23.9. The average molecular weight is 873 g/mol. The number of fused-ring (bicyclic) bond motifs is 2. The number of ether oxygens (including phenoxy) is 6. The number of aliphatic hydroxyl groups is 1. The van der Waals surface area contributed by atoms with Crippen LogP contribution in [0.25, 0.3) is 10.4 Å². The van der Waals surface area contributed by atoms with Crippen molar-refractivity contribution in [1.82, 2.24) is 15.5 Å². The lowest BCUT2D eigenvalue weighted by Crippen LogP contribution is -2.50. The van der Waals surface area contributed by atoms with Crippen LogP contribution in [-0.2, 0) is 41.8 Å². The number of anilines is 2. The fraction of sp³-hybridized carbons (Fsp3) is 0.455. The van der Waals surface area contributed by atoms with Crippen molar-refractivity contribution in [1.29, 1.82) is 0 Å². The Bertz CT molecular complexity index is 2080. The lowest BCUT2D eigenvalue weighted by Gasteiger charge is -2.31. The van der Waals surface area contributed by atoms with Gasteiger partial charge >= 0.3 is 6.09 Å². The molecule has 0 bridgehead atoms. The number of hydrogen-bond acceptors (Lipinski definition) is 13. The van der Waals surface area contributed by atoms with E-state index >= 15 is 0 Å². The summed E-state index contributed by atoms with van der Waals surface area (Å²) in [6.45, 7) is 10.8. The number of benzene rings is 3. The van der Waals surface area contributed by atoms with Crippen LogP contribution in [0.2, 0.25) is 0 Å². The highest BCUT2D eigenvalue weighted by Gasteiger charge is 2.46. The lowest BCUT2D eigenvalue weighted by molar-refractivity contribution is -0.129. The van der Waals surface area contributed by atoms with Gasteiger partial charge in [0.25, 0.3) is 5.91 Å². The third-order valence-corrected chi connectivity index (χ3v) is 9.90. The van der Waals surface area contributed by atoms with E-state index in [2.05, 4.69) is 32.6 Å². The Hall–Kier alpha value is -6.37. The van der Waals surface area contributed by atoms with Crippen molar-refractivity contribution < 1.29 is 52.7 Å². The van der Waals surface area contributed by atoms with Crippen LogP contribution in [0.15, 0.2) is 84.0 Å². The highest BCUT2D eigenvalue weighted by molar-refractivity contribution is 6.06. The minimum absolute atomic E-state index is 0.0190. The fourth-order valence-electron chi connectivity index (χ4n) is 6.78. The number of methoxy groups -OCH3 is 1. The van der Waals surface area contributed by atoms with Crippen molar-refractivity contribution >= 4 is 35.2 Å². The van der Waals surface area contributed by atoms with Gasteiger partial charge in [0.2, 0.25) is 11.8 Å². The summed E-state index contributed by atoms with van der Waals surface area (Å²) in [4.78, 5) is 57.3. The molecule has 4 atom stereocenters. The number of azide groups is 1. The van der Waals surface area contributed by atoms with Crippen molar-refractivity contribution in [2.75, 3.05) is 63.5 Å². The zero-order valence-corrected chi connectivity index (χ0v) is 36.0. The maximum atomic E-state index is 13.9. The molecule has 3 aromatic rings. The van der Waals surface area contributed by atoms with Crippen molar-refractivity contribution in [3.8, 4) is 11.5 Å². The molecule has 1 saturated heterocycles. The van der Waals surface area contributed by atoms with Crippen molar-refractivity contribution in [3.05, 3.63) is 106 Å². The van der Waals surface area contributed by atoms with Gasteiger partial charge in [-0.1, -0.05) is 59.7 Å². The van der Waals surface area contributed by atoms with Crippen LogP contribution in [0.3, 0.4) is 0 Å². The minimum atomic E-state index is -1.46. The third kappa shape index (κ3) is 13.8. The Morgan fingerprint density at radius 3 is 2.29 bits per heavy atom. The van der Waals surface area contributed by atoms with Gasteiger partial charge in [0, 0.05) is 35.7 Å². The third-order valence-electron chi connectivity index (χ3n) is 9.90. The molecule has 1 fully saturated rings. The quantitative estimate of drug-likeness (QED) is 0.0323. The van der Waals surface area contributed by atoms with E-state index in [4.69, 9.17) is 34.0 Å². The Balaban J connectivity index is 1.09. The second-order valence-electron chi connectivity index (χ2n) is 15.2. The van der Waals surface area contributed by atoms with Gasteiger partial charge in [-0.25, -0.2) is 9.69 Å². The molecule has 19 heteroatoms. The van der Waals surface area contributed by atoms with Gasteiger partial charge in [0.05, 0.1) is 64.0 Å². The van der Waals surface area contributed by atoms with Crippen LogP contribution in [0.5, 0.6) is 11.5 Å². The summed E-state index contributed by atoms with van der Waals surface area (Å²) in [6.07, 6.45) is -2.68. The number of amides is 4. The maximum absolute atomic E-state index is 13.9. The molecule has 338 valence electrons. The fourth-order valence-corrected chi connectivity index (χ4v) is 6.78. The minimum Gasteiger partial charge on any atom is -0.493 e. The summed E-state index contributed by atoms with van der Waals surface area (Å²) in [5.74, 6) is -0.380. The van der Waals surface area contributed by atoms with Crippen LogP contribution in [0, 0.1) is 0 Å². The highest BCUT2D eigenvalue weighted by Crippen LogP contribution is 2.42. The summed E-state index contributed by atoms with van der Waals surface area (Å²) in [5.41, 5.74) is 12.2. The Kier molecular flexibility index (Phi) is 18.0. The molecule has 0 saturated carbocycles. The van der Waals surface area contributed by atoms with Crippen molar-refractivity contribution in [3.63, 3.8) is 0 Å². The van der Waals surface area contributed by atoms with Gasteiger partial charge in [-0.3, -0.25) is 14.4 Å². The van der Waals surface area contributed by atoms with E-state index in [0.717, 1.165) is 16.0 Å². The first-order valence-electron chi connectivity index (χ1n) is 20.6. The number of aliphatic hydroxyl groups excluding tert-OH is 1. The summed E-state index contributed by atoms with van der Waals surface area (Å²) in [7, 11) is 1.46. The Labute approximate surface area is 366 Å². The van der Waals surface area contributed by atoms with E-state index in [1.165, 1.54) is 24.1 Å². The van der Waals surface area contributed by atoms with Gasteiger partial charge < -0.3 is 54.4 Å². The van der Waals surface area contributed by atoms with Crippen LogP contribution in [0.4, 0.5) is 16.2 Å². The number of rotatable bonds is 23. The van der Waals surface area contributed by atoms with Crippen LogP contribution in [-0.4, -0.2) is 118 Å². The van der Waals surface area contributed by atoms with Crippen LogP contribution >= 0.6 is 0 Å². The zero-order valence-electron chi connectivity index (χ0n) is 36.0. The SMILES string of the molecule is C=C1C[C@H]2[C@H](O)N(C(=O)OCc3ccc(N[C@H](COCCOCCOCCC(=O)N[C@@H](C)C(=O)NC(C)C)N=[N+]=[N-])cc3)c3cc(OCc4ccccc4)c(OC)cc3C(=O)N2C1. The molecule has 19 nitrogen and oxygen atoms in total. The largest absolute Gasteiger partial charge is 0.493 e. The highest BCUT2D eigenvalue weighted by atomic mass is 16.6. The predicted molar refractivity (Wildman–Crippen MR) is 232 cm³/mol. The lowest BCUT2D eigenvalue weighted by atomic mass is 10.1. The van der Waals surface area contributed by atoms with Gasteiger partial charge in [-0.2, -0.15) is 0 Å². The molecule has 4 N–H and O–H groups in total. The van der Waals surface area contributed by atoms with Crippen molar-refractivity contribution in [2.45, 2.75) is 77.3 Å². The number of carbonyl (C=O) groups is 4. The monoisotopic (exact) mass is 872 g/mol. The molecule has 0 aliphatic carbocycles. The second kappa shape index (κ2) is 23.7. The summed E-state index contributed by atoms with van der Waals surface area (Å²) >= 11 is 0. The Morgan fingerprint density at radius 1 is 0.921 bits per heavy atom. The van der Waals surface area contributed by atoms with E-state index in [9.17, 15) is 24.3 Å². The zero-order chi connectivity index (χ0) is 45.3. The molecule has 0 radical (unpaired) electrons. The molecule has 63 heavy (non-hydrogen) atoms. The van der Waals surface area contributed by atoms with E-state index < -0.39 is 36.5 Å². The first-order chi connectivity index (χ1) is 30.4. The van der Waals surface area contributed by atoms with Gasteiger partial charge in [-0.15, -0.1) is 0 Å². The molecule has 0 unspecified atom stereocenters. The molecular weight excluding hydrogens is 817 g/mol. The summed E-state index contributed by atoms with van der Waals surface area (Å²) in [6, 6.07) is 18.0. The molecule has 5 rings (SSSR count). The smallest absolute Gasteiger partial charge is 0.416 e. The van der Waals surface area contributed by atoms with Crippen molar-refractivity contribution in [2.24, 2.45) is 5.11 Å². The van der Waals surface area contributed by atoms with E-state index in [0.29, 0.717) is 17.7 Å². The van der Waals surface area contributed by atoms with E-state index in [-0.39, 0.29) is 106 Å². The number of nitrogens with one attached hydrogen (secondary N) is 3. The van der Waals surface area contributed by atoms with Crippen LogP contribution in [0.1, 0.15) is 55.1 Å². The first kappa shape index (κ1) is 47.7. The standard InChI is InChI=1S/C44H56N8O11/c1-28(2)46-41(54)30(4)47-40(53)15-16-59-17-18-60-19-20-61-27-39(49-50-45)48-33-13-11-32(12-14-33)26-63-44(57)52-35-23-38(62-25-31-9-7-6-8-10-31)37(58-5)22-34(35)42(55)51-24-29(3)21-36(51)43(52)56/h6-14,22-23,28,30,36,39,43,48,56H,3,15-21,24-27H2,1-2,4-5H3,(H,46,54)(H,47,53)/t30-,36-,39-,43-/m0/s1. The summed E-state index contributed by atoms with van der Waals surface area (Å²) < 4.78 is 34.0. The molecule has 0 aromatic heterocycles. The molecule has 3 aromatic carbocycles. The molecule has 2 heterocycles. The molecule has 2 aliphatic heterocycles. The van der Waals surface area contributed by atoms with Crippen LogP contribution < -0.4 is 30.3 Å². The number of nitrogens with zero attached hydrogens (tertiary/aromatic N) is 5. The van der Waals surface area contributed by atoms with Gasteiger partial charge in [0.15, 0.2) is 17.7 Å². The Morgan fingerprint density at radius 2 is 1.60 bits per heavy atom. The average Bonchev–Trinajstić information content (AvgIpc) is 3.64.